The number of carbonyl (C=O) groups is 2. The topological polar surface area (TPSA) is 61.4 Å². The summed E-state index contributed by atoms with van der Waals surface area (Å²) >= 11 is 0. The normalized spacial score (nSPS) is 18.6. The fraction of sp³-hybridized carbons (Fsp3) is 0.500. The highest BCUT2D eigenvalue weighted by molar-refractivity contribution is 5.92. The van der Waals surface area contributed by atoms with Gasteiger partial charge in [0.1, 0.15) is 11.6 Å². The van der Waals surface area contributed by atoms with Crippen molar-refractivity contribution in [2.45, 2.75) is 31.7 Å². The minimum Gasteiger partial charge on any atom is -0.335 e. The minimum atomic E-state index is -0.792. The predicted octanol–water partition coefficient (Wildman–Crippen LogP) is 2.49. The second kappa shape index (κ2) is 6.52. The van der Waals surface area contributed by atoms with E-state index in [4.69, 9.17) is 0 Å². The van der Waals surface area contributed by atoms with Gasteiger partial charge in [0.2, 0.25) is 5.91 Å². The Bertz CT molecular complexity index is 611. The zero-order valence-corrected chi connectivity index (χ0v) is 12.6. The molecule has 3 rings (SSSR count). The molecule has 1 heterocycles. The molecule has 1 saturated heterocycles. The van der Waals surface area contributed by atoms with Crippen molar-refractivity contribution in [2.24, 2.45) is 5.92 Å². The van der Waals surface area contributed by atoms with Gasteiger partial charge in [-0.25, -0.2) is 13.6 Å². The van der Waals surface area contributed by atoms with Gasteiger partial charge in [-0.05, 0) is 37.8 Å². The van der Waals surface area contributed by atoms with Crippen LogP contribution < -0.4 is 10.6 Å². The van der Waals surface area contributed by atoms with Crippen LogP contribution in [0.3, 0.4) is 0 Å². The first-order valence-corrected chi connectivity index (χ1v) is 7.84. The van der Waals surface area contributed by atoms with E-state index in [1.165, 1.54) is 6.07 Å². The number of amides is 3. The smallest absolute Gasteiger partial charge is 0.317 e. The third-order valence-corrected chi connectivity index (χ3v) is 4.25. The molecule has 1 aliphatic carbocycles. The van der Waals surface area contributed by atoms with Crippen molar-refractivity contribution < 1.29 is 18.4 Å². The van der Waals surface area contributed by atoms with Crippen LogP contribution >= 0.6 is 0 Å². The Morgan fingerprint density at radius 1 is 1.09 bits per heavy atom. The number of hydrogen-bond donors (Lipinski definition) is 2. The molecule has 0 radical (unpaired) electrons. The van der Waals surface area contributed by atoms with Crippen LogP contribution in [0.5, 0.6) is 0 Å². The Morgan fingerprint density at radius 3 is 2.39 bits per heavy atom. The van der Waals surface area contributed by atoms with E-state index in [0.717, 1.165) is 25.0 Å². The minimum absolute atomic E-state index is 0.0229. The van der Waals surface area contributed by atoms with Gasteiger partial charge in [-0.15, -0.1) is 0 Å². The molecule has 124 valence electrons. The maximum atomic E-state index is 13.6. The van der Waals surface area contributed by atoms with Crippen LogP contribution in [0.4, 0.5) is 19.3 Å². The molecule has 1 aliphatic heterocycles. The van der Waals surface area contributed by atoms with Gasteiger partial charge in [0.25, 0.3) is 0 Å². The monoisotopic (exact) mass is 323 g/mol. The molecule has 0 bridgehead atoms. The van der Waals surface area contributed by atoms with Crippen molar-refractivity contribution in [2.75, 3.05) is 18.4 Å². The summed E-state index contributed by atoms with van der Waals surface area (Å²) in [6.07, 6.45) is 3.14. The third kappa shape index (κ3) is 3.97. The van der Waals surface area contributed by atoms with E-state index in [1.807, 2.05) is 0 Å². The number of benzene rings is 1. The second-order valence-electron chi connectivity index (χ2n) is 6.10. The van der Waals surface area contributed by atoms with Crippen LogP contribution in [-0.4, -0.2) is 36.0 Å². The molecule has 2 aliphatic rings. The molecule has 5 nitrogen and oxygen atoms in total. The maximum Gasteiger partial charge on any atom is 0.317 e. The third-order valence-electron chi connectivity index (χ3n) is 4.25. The number of rotatable bonds is 3. The summed E-state index contributed by atoms with van der Waals surface area (Å²) in [6, 6.07) is 3.28. The van der Waals surface area contributed by atoms with Crippen molar-refractivity contribution in [3.05, 3.63) is 29.8 Å². The van der Waals surface area contributed by atoms with Crippen LogP contribution in [-0.2, 0) is 4.79 Å². The first-order chi connectivity index (χ1) is 11.0. The average molecular weight is 323 g/mol. The quantitative estimate of drug-likeness (QED) is 0.898. The molecule has 0 spiro atoms. The Kier molecular flexibility index (Phi) is 4.45. The highest BCUT2D eigenvalue weighted by atomic mass is 19.1. The number of hydrogen-bond acceptors (Lipinski definition) is 2. The summed E-state index contributed by atoms with van der Waals surface area (Å²) in [5, 5.41) is 5.42. The summed E-state index contributed by atoms with van der Waals surface area (Å²) in [4.78, 5) is 25.8. The van der Waals surface area contributed by atoms with Gasteiger partial charge in [-0.3, -0.25) is 4.79 Å². The SMILES string of the molecule is O=C(Nc1ccc(F)cc1F)C1CCN(C(=O)NC2CC2)CC1. The molecule has 3 amide bonds. The van der Waals surface area contributed by atoms with Crippen LogP contribution in [0, 0.1) is 17.6 Å². The summed E-state index contributed by atoms with van der Waals surface area (Å²) in [5.74, 6) is -2.04. The summed E-state index contributed by atoms with van der Waals surface area (Å²) in [5.41, 5.74) is -0.0229. The number of anilines is 1. The van der Waals surface area contributed by atoms with Gasteiger partial charge in [-0.2, -0.15) is 0 Å². The van der Waals surface area contributed by atoms with Crippen molar-refractivity contribution in [1.29, 1.82) is 0 Å². The zero-order valence-electron chi connectivity index (χ0n) is 12.6. The number of nitrogens with zero attached hydrogens (tertiary/aromatic N) is 1. The molecule has 1 saturated carbocycles. The van der Waals surface area contributed by atoms with Crippen LogP contribution in [0.25, 0.3) is 0 Å². The largest absolute Gasteiger partial charge is 0.335 e. The summed E-state index contributed by atoms with van der Waals surface area (Å²) in [6.45, 7) is 1.01. The highest BCUT2D eigenvalue weighted by Crippen LogP contribution is 2.23. The fourth-order valence-electron chi connectivity index (χ4n) is 2.66. The van der Waals surface area contributed by atoms with Gasteiger partial charge in [0.05, 0.1) is 5.69 Å². The highest BCUT2D eigenvalue weighted by Gasteiger charge is 2.30. The first kappa shape index (κ1) is 15.7. The number of likely N-dealkylation sites (tertiary alicyclic amines) is 1. The van der Waals surface area contributed by atoms with E-state index in [9.17, 15) is 18.4 Å². The molecule has 7 heteroatoms. The number of carbonyl (C=O) groups excluding carboxylic acids is 2. The average Bonchev–Trinajstić information content (AvgIpc) is 3.34. The Balaban J connectivity index is 1.50. The lowest BCUT2D eigenvalue weighted by Gasteiger charge is -2.31. The number of nitrogens with one attached hydrogen (secondary N) is 2. The van der Waals surface area contributed by atoms with Gasteiger partial charge in [-0.1, -0.05) is 0 Å². The molecule has 23 heavy (non-hydrogen) atoms. The van der Waals surface area contributed by atoms with E-state index in [-0.39, 0.29) is 23.5 Å². The standard InChI is InChI=1S/C16H19F2N3O2/c17-11-1-4-14(13(18)9-11)20-15(22)10-5-7-21(8-6-10)16(23)19-12-2-3-12/h1,4,9-10,12H,2-3,5-8H2,(H,19,23)(H,20,22). The van der Waals surface area contributed by atoms with E-state index in [0.29, 0.717) is 32.0 Å². The molecule has 2 fully saturated rings. The molecule has 1 aromatic rings. The van der Waals surface area contributed by atoms with Gasteiger partial charge in [0, 0.05) is 31.1 Å². The first-order valence-electron chi connectivity index (χ1n) is 7.84. The van der Waals surface area contributed by atoms with Crippen LogP contribution in [0.2, 0.25) is 0 Å². The number of halogens is 2. The zero-order chi connectivity index (χ0) is 16.4. The van der Waals surface area contributed by atoms with Crippen molar-refractivity contribution in [3.63, 3.8) is 0 Å². The Labute approximate surface area is 133 Å². The molecular weight excluding hydrogens is 304 g/mol. The lowest BCUT2D eigenvalue weighted by molar-refractivity contribution is -0.121. The number of piperidine rings is 1. The number of urea groups is 1. The molecule has 1 aromatic carbocycles. The molecular formula is C16H19F2N3O2. The van der Waals surface area contributed by atoms with E-state index >= 15 is 0 Å². The van der Waals surface area contributed by atoms with E-state index in [1.54, 1.807) is 4.90 Å². The van der Waals surface area contributed by atoms with E-state index < -0.39 is 11.6 Å². The van der Waals surface area contributed by atoms with Crippen molar-refractivity contribution in [3.8, 4) is 0 Å². The summed E-state index contributed by atoms with van der Waals surface area (Å²) in [7, 11) is 0. The molecule has 0 aromatic heterocycles. The lowest BCUT2D eigenvalue weighted by atomic mass is 9.96. The van der Waals surface area contributed by atoms with Crippen molar-refractivity contribution >= 4 is 17.6 Å². The predicted molar refractivity (Wildman–Crippen MR) is 80.8 cm³/mol. The van der Waals surface area contributed by atoms with Gasteiger partial charge < -0.3 is 15.5 Å². The van der Waals surface area contributed by atoms with Gasteiger partial charge >= 0.3 is 6.03 Å². The lowest BCUT2D eigenvalue weighted by Crippen LogP contribution is -2.46. The van der Waals surface area contributed by atoms with Gasteiger partial charge in [0.15, 0.2) is 0 Å². The molecule has 0 unspecified atom stereocenters. The van der Waals surface area contributed by atoms with Crippen molar-refractivity contribution in [1.82, 2.24) is 10.2 Å². The maximum absolute atomic E-state index is 13.6. The second-order valence-corrected chi connectivity index (χ2v) is 6.10. The Morgan fingerprint density at radius 2 is 1.78 bits per heavy atom. The van der Waals surface area contributed by atoms with E-state index in [2.05, 4.69) is 10.6 Å². The van der Waals surface area contributed by atoms with Crippen LogP contribution in [0.1, 0.15) is 25.7 Å². The van der Waals surface area contributed by atoms with Crippen LogP contribution in [0.15, 0.2) is 18.2 Å². The molecule has 0 atom stereocenters. The summed E-state index contributed by atoms with van der Waals surface area (Å²) < 4.78 is 26.4. The molecule has 2 N–H and O–H groups in total. The Hall–Kier alpha value is -2.18. The fourth-order valence-corrected chi connectivity index (χ4v) is 2.66.